The number of nitrogens with one attached hydrogen (secondary N) is 2. The second-order valence-electron chi connectivity index (χ2n) is 11.1. The van der Waals surface area contributed by atoms with Crippen molar-refractivity contribution < 1.29 is 29.0 Å². The topological polar surface area (TPSA) is 182 Å². The van der Waals surface area contributed by atoms with Crippen LogP contribution >= 0.6 is 11.8 Å². The molecule has 0 aromatic heterocycles. The van der Waals surface area contributed by atoms with Gasteiger partial charge in [0.25, 0.3) is 5.91 Å². The zero-order valence-corrected chi connectivity index (χ0v) is 27.0. The molecule has 1 saturated heterocycles. The molecule has 7 N–H and O–H groups in total. The molecule has 0 radical (unpaired) electrons. The fraction of sp³-hybridized carbons (Fsp3) is 0.294. The van der Waals surface area contributed by atoms with Crippen LogP contribution in [0.1, 0.15) is 36.3 Å². The molecule has 0 saturated carbocycles. The third-order valence-corrected chi connectivity index (χ3v) is 9.02. The highest BCUT2D eigenvalue weighted by atomic mass is 32.2. The molecule has 0 bridgehead atoms. The molecule has 246 valence electrons. The highest BCUT2D eigenvalue weighted by molar-refractivity contribution is 8.18. The number of carbonyl (C=O) groups excluding carboxylic acids is 3. The van der Waals surface area contributed by atoms with E-state index in [1.54, 1.807) is 30.3 Å². The van der Waals surface area contributed by atoms with Gasteiger partial charge in [-0.15, -0.1) is 0 Å². The maximum atomic E-state index is 14.2. The molecule has 2 unspecified atom stereocenters. The molecule has 47 heavy (non-hydrogen) atoms. The van der Waals surface area contributed by atoms with Crippen LogP contribution in [0.3, 0.4) is 0 Å². The zero-order chi connectivity index (χ0) is 33.5. The third-order valence-electron chi connectivity index (χ3n) is 8.03. The molecule has 12 nitrogen and oxygen atoms in total. The number of benzene rings is 3. The van der Waals surface area contributed by atoms with Gasteiger partial charge in [-0.05, 0) is 85.1 Å². The zero-order valence-electron chi connectivity index (χ0n) is 26.1. The van der Waals surface area contributed by atoms with Crippen molar-refractivity contribution in [3.8, 4) is 17.2 Å². The number of anilines is 1. The van der Waals surface area contributed by atoms with Crippen molar-refractivity contribution in [2.45, 2.75) is 37.3 Å². The second kappa shape index (κ2) is 15.1. The van der Waals surface area contributed by atoms with Crippen molar-refractivity contribution >= 4 is 52.1 Å². The van der Waals surface area contributed by atoms with Crippen LogP contribution in [-0.4, -0.2) is 72.3 Å². The Kier molecular flexibility index (Phi) is 10.7. The summed E-state index contributed by atoms with van der Waals surface area (Å²) >= 11 is 1.10. The fourth-order valence-electron chi connectivity index (χ4n) is 5.66. The molecule has 3 amide bonds. The molecule has 5 rings (SSSR count). The SMILES string of the molecule is COc1cc(/C=C2\SC(=Nc3ccccc3)N(C(CCCN)C(=O)N[C@@H](CC3CNc4ccccc43)C(N)=O)C2=O)cc(OC)c1O. The number of thioether (sulfide) groups is 1. The first-order valence-electron chi connectivity index (χ1n) is 15.2. The van der Waals surface area contributed by atoms with Gasteiger partial charge in [-0.3, -0.25) is 19.3 Å². The summed E-state index contributed by atoms with van der Waals surface area (Å²) in [6.45, 7) is 0.884. The number of hydrogen-bond acceptors (Lipinski definition) is 10. The van der Waals surface area contributed by atoms with Crippen molar-refractivity contribution in [2.75, 3.05) is 32.6 Å². The summed E-state index contributed by atoms with van der Waals surface area (Å²) in [5.41, 5.74) is 14.8. The molecule has 0 aliphatic carbocycles. The van der Waals surface area contributed by atoms with Gasteiger partial charge < -0.3 is 36.7 Å². The first kappa shape index (κ1) is 33.4. The van der Waals surface area contributed by atoms with E-state index in [2.05, 4.69) is 10.6 Å². The van der Waals surface area contributed by atoms with Gasteiger partial charge in [0.15, 0.2) is 16.7 Å². The number of amides is 3. The third kappa shape index (κ3) is 7.53. The van der Waals surface area contributed by atoms with Gasteiger partial charge in [-0.2, -0.15) is 0 Å². The Balaban J connectivity index is 1.49. The summed E-state index contributed by atoms with van der Waals surface area (Å²) in [6, 6.07) is 18.0. The predicted molar refractivity (Wildman–Crippen MR) is 183 cm³/mol. The Morgan fingerprint density at radius 3 is 2.47 bits per heavy atom. The number of rotatable bonds is 13. The van der Waals surface area contributed by atoms with E-state index < -0.39 is 29.8 Å². The Morgan fingerprint density at radius 2 is 1.81 bits per heavy atom. The maximum absolute atomic E-state index is 14.2. The summed E-state index contributed by atoms with van der Waals surface area (Å²) in [7, 11) is 2.82. The predicted octanol–water partition coefficient (Wildman–Crippen LogP) is 3.69. The molecule has 1 fully saturated rings. The van der Waals surface area contributed by atoms with Crippen molar-refractivity contribution in [1.82, 2.24) is 10.2 Å². The van der Waals surface area contributed by atoms with Gasteiger partial charge in [0, 0.05) is 18.2 Å². The van der Waals surface area contributed by atoms with E-state index in [1.165, 1.54) is 19.1 Å². The lowest BCUT2D eigenvalue weighted by atomic mass is 9.93. The average Bonchev–Trinajstić information content (AvgIpc) is 3.61. The number of phenolic OH excluding ortho intramolecular Hbond substituents is 1. The van der Waals surface area contributed by atoms with Gasteiger partial charge in [0.1, 0.15) is 12.1 Å². The number of phenols is 1. The Labute approximate surface area is 277 Å². The summed E-state index contributed by atoms with van der Waals surface area (Å²) in [5.74, 6) is -1.55. The number of aliphatic imine (C=N–C) groups is 1. The molecule has 3 aromatic rings. The molecule has 0 spiro atoms. The number of methoxy groups -OCH3 is 2. The first-order valence-corrected chi connectivity index (χ1v) is 16.0. The standard InChI is InChI=1S/C34H38N6O6S/c1-45-27-15-20(16-28(46-2)30(27)41)17-29-33(44)40(34(47-29)38-22-9-4-3-5-10-22)26(13-8-14-35)32(43)39-25(31(36)42)18-21-19-37-24-12-7-6-11-23(21)24/h3-7,9-12,15-17,21,25-26,37,41H,8,13-14,18-19,35H2,1-2H3,(H2,36,42)(H,39,43)/b29-17-,38-34?/t21?,25-,26?/m0/s1. The molecule has 2 heterocycles. The van der Waals surface area contributed by atoms with Crippen LogP contribution in [0.15, 0.2) is 76.6 Å². The van der Waals surface area contributed by atoms with Gasteiger partial charge in [-0.25, -0.2) is 4.99 Å². The lowest BCUT2D eigenvalue weighted by Crippen LogP contribution is -2.54. The van der Waals surface area contributed by atoms with Crippen LogP contribution in [0, 0.1) is 0 Å². The number of nitrogens with zero attached hydrogens (tertiary/aromatic N) is 2. The quantitative estimate of drug-likeness (QED) is 0.171. The minimum atomic E-state index is -1.04. The maximum Gasteiger partial charge on any atom is 0.267 e. The van der Waals surface area contributed by atoms with E-state index >= 15 is 0 Å². The van der Waals surface area contributed by atoms with Crippen LogP contribution in [0.4, 0.5) is 11.4 Å². The van der Waals surface area contributed by atoms with Crippen molar-refractivity contribution in [1.29, 1.82) is 0 Å². The number of para-hydroxylation sites is 2. The summed E-state index contributed by atoms with van der Waals surface area (Å²) in [5, 5.41) is 16.8. The molecule has 2 aliphatic rings. The molecular weight excluding hydrogens is 620 g/mol. The largest absolute Gasteiger partial charge is 0.502 e. The van der Waals surface area contributed by atoms with E-state index in [0.717, 1.165) is 23.0 Å². The van der Waals surface area contributed by atoms with Crippen LogP contribution in [-0.2, 0) is 14.4 Å². The molecule has 3 aromatic carbocycles. The smallest absolute Gasteiger partial charge is 0.267 e. The number of fused-ring (bicyclic) bond motifs is 1. The Bertz CT molecular complexity index is 1670. The Morgan fingerprint density at radius 1 is 1.13 bits per heavy atom. The van der Waals surface area contributed by atoms with Crippen LogP contribution < -0.4 is 31.6 Å². The summed E-state index contributed by atoms with van der Waals surface area (Å²) in [6.07, 6.45) is 2.55. The lowest BCUT2D eigenvalue weighted by Gasteiger charge is -2.28. The highest BCUT2D eigenvalue weighted by Crippen LogP contribution is 2.41. The van der Waals surface area contributed by atoms with E-state index in [9.17, 15) is 19.5 Å². The first-order chi connectivity index (χ1) is 22.7. The highest BCUT2D eigenvalue weighted by Gasteiger charge is 2.42. The van der Waals surface area contributed by atoms with Crippen LogP contribution in [0.2, 0.25) is 0 Å². The van der Waals surface area contributed by atoms with E-state index in [4.69, 9.17) is 25.9 Å². The fourth-order valence-corrected chi connectivity index (χ4v) is 6.69. The number of carbonyl (C=O) groups is 3. The average molecular weight is 659 g/mol. The van der Waals surface area contributed by atoms with Gasteiger partial charge >= 0.3 is 0 Å². The molecular formula is C34H38N6O6S. The monoisotopic (exact) mass is 658 g/mol. The summed E-state index contributed by atoms with van der Waals surface area (Å²) in [4.78, 5) is 47.3. The minimum absolute atomic E-state index is 0.0421. The molecule has 2 aliphatic heterocycles. The van der Waals surface area contributed by atoms with E-state index in [-0.39, 0.29) is 52.6 Å². The number of hydrogen-bond donors (Lipinski definition) is 5. The minimum Gasteiger partial charge on any atom is -0.502 e. The number of ether oxygens (including phenoxy) is 2. The normalized spacial score (nSPS) is 18.5. The number of aromatic hydroxyl groups is 1. The lowest BCUT2D eigenvalue weighted by molar-refractivity contribution is -0.135. The van der Waals surface area contributed by atoms with Gasteiger partial charge in [0.2, 0.25) is 17.6 Å². The number of primary amides is 1. The van der Waals surface area contributed by atoms with E-state index in [1.807, 2.05) is 42.5 Å². The van der Waals surface area contributed by atoms with Gasteiger partial charge in [-0.1, -0.05) is 36.4 Å². The van der Waals surface area contributed by atoms with Crippen molar-refractivity contribution in [3.05, 3.63) is 82.8 Å². The molecule has 3 atom stereocenters. The summed E-state index contributed by atoms with van der Waals surface area (Å²) < 4.78 is 10.6. The molecule has 13 heteroatoms. The number of nitrogens with two attached hydrogens (primary N) is 2. The van der Waals surface area contributed by atoms with Crippen molar-refractivity contribution in [3.63, 3.8) is 0 Å². The van der Waals surface area contributed by atoms with E-state index in [0.29, 0.717) is 24.2 Å². The number of amidine groups is 1. The Hall–Kier alpha value is -5.01. The van der Waals surface area contributed by atoms with Crippen LogP contribution in [0.25, 0.3) is 6.08 Å². The second-order valence-corrected chi connectivity index (χ2v) is 12.1. The van der Waals surface area contributed by atoms with Gasteiger partial charge in [0.05, 0.1) is 24.8 Å². The van der Waals surface area contributed by atoms with Crippen molar-refractivity contribution in [2.24, 2.45) is 16.5 Å². The van der Waals surface area contributed by atoms with Crippen LogP contribution in [0.5, 0.6) is 17.2 Å².